The van der Waals surface area contributed by atoms with Gasteiger partial charge in [0.15, 0.2) is 0 Å². The van der Waals surface area contributed by atoms with Crippen LogP contribution in [0.4, 0.5) is 28.4 Å². The molecule has 266 valence electrons. The lowest BCUT2D eigenvalue weighted by Gasteiger charge is -2.29. The Hall–Kier alpha value is -6.84. The molecular formula is C52H43N3. The van der Waals surface area contributed by atoms with Crippen LogP contribution in [0, 0.1) is 6.92 Å². The van der Waals surface area contributed by atoms with Crippen LogP contribution in [-0.2, 0) is 0 Å². The molecule has 3 aliphatic rings. The molecule has 3 heteroatoms. The van der Waals surface area contributed by atoms with Gasteiger partial charge < -0.3 is 15.5 Å². The lowest BCUT2D eigenvalue weighted by Crippen LogP contribution is -2.12. The zero-order valence-electron chi connectivity index (χ0n) is 31.3. The van der Waals surface area contributed by atoms with Crippen molar-refractivity contribution in [3.05, 3.63) is 211 Å². The highest BCUT2D eigenvalue weighted by molar-refractivity contribution is 6.18. The second-order valence-corrected chi connectivity index (χ2v) is 14.4. The number of rotatable bonds is 7. The Morgan fingerprint density at radius 3 is 2.36 bits per heavy atom. The quantitative estimate of drug-likeness (QED) is 0.179. The Bertz CT molecular complexity index is 2700. The Kier molecular flexibility index (Phi) is 8.76. The molecule has 0 radical (unpaired) electrons. The summed E-state index contributed by atoms with van der Waals surface area (Å²) >= 11 is 0. The van der Waals surface area contributed by atoms with Gasteiger partial charge >= 0.3 is 0 Å². The largest absolute Gasteiger partial charge is 0.398 e. The van der Waals surface area contributed by atoms with Crippen molar-refractivity contribution in [1.82, 2.24) is 0 Å². The summed E-state index contributed by atoms with van der Waals surface area (Å²) in [6.45, 7) is 8.72. The highest BCUT2D eigenvalue weighted by atomic mass is 15.1. The molecule has 0 atom stereocenters. The van der Waals surface area contributed by atoms with Crippen LogP contribution >= 0.6 is 0 Å². The molecule has 6 aromatic rings. The highest BCUT2D eigenvalue weighted by Gasteiger charge is 2.25. The van der Waals surface area contributed by atoms with E-state index in [9.17, 15) is 0 Å². The van der Waals surface area contributed by atoms with Crippen molar-refractivity contribution in [2.24, 2.45) is 5.73 Å². The Balaban J connectivity index is 1.11. The van der Waals surface area contributed by atoms with E-state index in [2.05, 4.69) is 199 Å². The first-order chi connectivity index (χ1) is 27.0. The molecule has 0 saturated carbocycles. The predicted molar refractivity (Wildman–Crippen MR) is 237 cm³/mol. The van der Waals surface area contributed by atoms with Crippen LogP contribution in [0.2, 0.25) is 0 Å². The van der Waals surface area contributed by atoms with Crippen molar-refractivity contribution in [2.75, 3.05) is 9.80 Å². The number of nitrogens with two attached hydrogens (primary N) is 1. The lowest BCUT2D eigenvalue weighted by molar-refractivity contribution is 1.04. The van der Waals surface area contributed by atoms with Gasteiger partial charge in [0.2, 0.25) is 0 Å². The second-order valence-electron chi connectivity index (χ2n) is 14.4. The van der Waals surface area contributed by atoms with E-state index in [1.54, 1.807) is 0 Å². The third kappa shape index (κ3) is 6.04. The van der Waals surface area contributed by atoms with Crippen LogP contribution in [0.5, 0.6) is 0 Å². The summed E-state index contributed by atoms with van der Waals surface area (Å²) < 4.78 is 0. The average Bonchev–Trinajstić information content (AvgIpc) is 3.50. The van der Waals surface area contributed by atoms with E-state index in [1.165, 1.54) is 33.0 Å². The fourth-order valence-corrected chi connectivity index (χ4v) is 8.25. The van der Waals surface area contributed by atoms with Crippen molar-refractivity contribution >= 4 is 61.6 Å². The molecule has 1 heterocycles. The molecule has 0 fully saturated rings. The van der Waals surface area contributed by atoms with Gasteiger partial charge in [0.1, 0.15) is 0 Å². The monoisotopic (exact) mass is 709 g/mol. The Morgan fingerprint density at radius 1 is 0.709 bits per heavy atom. The van der Waals surface area contributed by atoms with E-state index in [4.69, 9.17) is 5.73 Å². The number of allylic oxidation sites excluding steroid dienone is 11. The van der Waals surface area contributed by atoms with Crippen molar-refractivity contribution in [1.29, 1.82) is 0 Å². The summed E-state index contributed by atoms with van der Waals surface area (Å²) in [6.07, 6.45) is 21.6. The van der Waals surface area contributed by atoms with Crippen LogP contribution in [0.3, 0.4) is 0 Å². The van der Waals surface area contributed by atoms with Gasteiger partial charge in [-0.15, -0.1) is 0 Å². The van der Waals surface area contributed by atoms with Gasteiger partial charge in [-0.05, 0) is 120 Å². The van der Waals surface area contributed by atoms with Gasteiger partial charge in [-0.3, -0.25) is 0 Å². The molecule has 0 amide bonds. The SMILES string of the molecule is C=C1/C=C\C=C/N(c2cccc(C3=CCCC=C3)c2)c2ccc(-c3ccc(N(c4ccccc4C)c4ccc5c6c(cccc46)C(/C=C\C)=C5N)cc3)cc21. The number of hydrogen-bond donors (Lipinski definition) is 1. The molecule has 1 aliphatic heterocycles. The van der Waals surface area contributed by atoms with Gasteiger partial charge in [0.25, 0.3) is 0 Å². The smallest absolute Gasteiger partial charge is 0.0540 e. The van der Waals surface area contributed by atoms with Crippen LogP contribution in [-0.4, -0.2) is 0 Å². The zero-order chi connectivity index (χ0) is 37.5. The third-order valence-corrected chi connectivity index (χ3v) is 11.0. The summed E-state index contributed by atoms with van der Waals surface area (Å²) in [5.41, 5.74) is 24.6. The van der Waals surface area contributed by atoms with Crippen LogP contribution in [0.1, 0.15) is 47.6 Å². The summed E-state index contributed by atoms with van der Waals surface area (Å²) in [4.78, 5) is 4.66. The number of hydrogen-bond acceptors (Lipinski definition) is 3. The van der Waals surface area contributed by atoms with Gasteiger partial charge in [-0.25, -0.2) is 0 Å². The van der Waals surface area contributed by atoms with E-state index < -0.39 is 0 Å². The topological polar surface area (TPSA) is 32.5 Å². The first-order valence-corrected chi connectivity index (χ1v) is 19.1. The first kappa shape index (κ1) is 34.0. The van der Waals surface area contributed by atoms with Crippen LogP contribution in [0.25, 0.3) is 44.3 Å². The van der Waals surface area contributed by atoms with E-state index in [-0.39, 0.29) is 0 Å². The molecule has 9 rings (SSSR count). The molecule has 0 saturated heterocycles. The fourth-order valence-electron chi connectivity index (χ4n) is 8.25. The molecule has 55 heavy (non-hydrogen) atoms. The lowest BCUT2D eigenvalue weighted by atomic mass is 9.95. The summed E-state index contributed by atoms with van der Waals surface area (Å²) in [6, 6.07) is 44.1. The fraction of sp³-hybridized carbons (Fsp3) is 0.0769. The van der Waals surface area contributed by atoms with Crippen molar-refractivity contribution < 1.29 is 0 Å². The maximum absolute atomic E-state index is 6.75. The molecule has 0 bridgehead atoms. The predicted octanol–water partition coefficient (Wildman–Crippen LogP) is 14.0. The minimum atomic E-state index is 0.833. The van der Waals surface area contributed by atoms with Gasteiger partial charge in [0.05, 0.1) is 11.4 Å². The maximum Gasteiger partial charge on any atom is 0.0540 e. The van der Waals surface area contributed by atoms with E-state index in [0.717, 1.165) is 80.4 Å². The molecule has 6 aromatic carbocycles. The number of benzene rings is 6. The zero-order valence-corrected chi connectivity index (χ0v) is 31.3. The number of fused-ring (bicyclic) bond motifs is 1. The van der Waals surface area contributed by atoms with Crippen molar-refractivity contribution in [3.8, 4) is 11.1 Å². The minimum absolute atomic E-state index is 0.833. The molecule has 0 aromatic heterocycles. The highest BCUT2D eigenvalue weighted by Crippen LogP contribution is 2.47. The number of nitrogens with zero attached hydrogens (tertiary/aromatic N) is 2. The summed E-state index contributed by atoms with van der Waals surface area (Å²) in [5, 5.41) is 2.38. The summed E-state index contributed by atoms with van der Waals surface area (Å²) in [5.74, 6) is 0. The van der Waals surface area contributed by atoms with Crippen LogP contribution in [0.15, 0.2) is 183 Å². The molecule has 2 aliphatic carbocycles. The van der Waals surface area contributed by atoms with Crippen LogP contribution < -0.4 is 15.5 Å². The first-order valence-electron chi connectivity index (χ1n) is 19.1. The second kappa shape index (κ2) is 14.2. The molecule has 0 unspecified atom stereocenters. The minimum Gasteiger partial charge on any atom is -0.398 e. The standard InChI is InChI=1S/C52H43N3/c1-4-14-44-43-21-13-22-45-50(31-29-46(51(43)45)52(44)53)55(48-23-9-8-16-36(48)3)41-27-24-38(25-28-41)40-26-30-49-47(34-40)35(2)15-10-11-32-54(49)42-20-12-19-39(33-42)37-17-6-5-7-18-37/h4,6,8-34H,2,5,7,53H2,1,3H3/b14-4-,15-10-,32-11-. The molecule has 3 nitrogen and oxygen atoms in total. The van der Waals surface area contributed by atoms with E-state index in [1.807, 2.05) is 6.92 Å². The van der Waals surface area contributed by atoms with Crippen molar-refractivity contribution in [2.45, 2.75) is 26.7 Å². The number of aryl methyl sites for hydroxylation is 1. The maximum atomic E-state index is 6.75. The van der Waals surface area contributed by atoms with E-state index in [0.29, 0.717) is 0 Å². The number of anilines is 5. The van der Waals surface area contributed by atoms with Crippen molar-refractivity contribution in [3.63, 3.8) is 0 Å². The van der Waals surface area contributed by atoms with Gasteiger partial charge in [-0.1, -0.05) is 122 Å². The molecular weight excluding hydrogens is 667 g/mol. The summed E-state index contributed by atoms with van der Waals surface area (Å²) in [7, 11) is 0. The average molecular weight is 710 g/mol. The Labute approximate surface area is 324 Å². The van der Waals surface area contributed by atoms with E-state index >= 15 is 0 Å². The molecule has 2 N–H and O–H groups in total. The number of para-hydroxylation sites is 1. The van der Waals surface area contributed by atoms with Gasteiger partial charge in [0, 0.05) is 56.4 Å². The third-order valence-electron chi connectivity index (χ3n) is 11.0. The van der Waals surface area contributed by atoms with Gasteiger partial charge in [-0.2, -0.15) is 0 Å². The normalized spacial score (nSPS) is 15.9. The molecule has 0 spiro atoms. The Morgan fingerprint density at radius 2 is 1.55 bits per heavy atom.